The summed E-state index contributed by atoms with van der Waals surface area (Å²) in [6.07, 6.45) is 46.0. The Hall–Kier alpha value is -0.0800. The zero-order valence-electron chi connectivity index (χ0n) is 28.9. The molecule has 0 atom stereocenters. The Bertz CT molecular complexity index is 350. The maximum absolute atomic E-state index is 5.87. The highest BCUT2D eigenvalue weighted by atomic mass is 16.5. The molecular weight excluding hydrogens is 488 g/mol. The average molecular weight is 569 g/mol. The highest BCUT2D eigenvalue weighted by Crippen LogP contribution is 2.15. The van der Waals surface area contributed by atoms with Crippen LogP contribution in [-0.4, -0.2) is 27.4 Å². The lowest BCUT2D eigenvalue weighted by atomic mass is 10.0. The van der Waals surface area contributed by atoms with Crippen LogP contribution in [0.4, 0.5) is 0 Å². The zero-order valence-corrected chi connectivity index (χ0v) is 28.9. The molecule has 0 radical (unpaired) electrons. The van der Waals surface area contributed by atoms with Gasteiger partial charge >= 0.3 is 0 Å². The van der Waals surface area contributed by atoms with Gasteiger partial charge < -0.3 is 9.47 Å². The molecule has 244 valence electrons. The van der Waals surface area contributed by atoms with Crippen molar-refractivity contribution in [3.63, 3.8) is 0 Å². The van der Waals surface area contributed by atoms with Crippen LogP contribution >= 0.6 is 0 Å². The highest BCUT2D eigenvalue weighted by Gasteiger charge is 1.97. The van der Waals surface area contributed by atoms with Crippen molar-refractivity contribution >= 4 is 0 Å². The van der Waals surface area contributed by atoms with Crippen molar-refractivity contribution in [3.05, 3.63) is 0 Å². The molecule has 0 aliphatic heterocycles. The Labute approximate surface area is 255 Å². The lowest BCUT2D eigenvalue weighted by Crippen LogP contribution is -1.97. The van der Waals surface area contributed by atoms with Crippen LogP contribution < -0.4 is 0 Å². The second kappa shape index (κ2) is 43.4. The van der Waals surface area contributed by atoms with Crippen LogP contribution in [0.25, 0.3) is 0 Å². The summed E-state index contributed by atoms with van der Waals surface area (Å²) in [5, 5.41) is 0. The van der Waals surface area contributed by atoms with E-state index in [2.05, 4.69) is 18.6 Å². The van der Waals surface area contributed by atoms with Crippen LogP contribution in [0.1, 0.15) is 219 Å². The SMILES string of the molecule is CCCCCCCCCCCCCCCCCCOCCCCCCCCCCCCCCCCCC.COC. The van der Waals surface area contributed by atoms with E-state index in [9.17, 15) is 0 Å². The van der Waals surface area contributed by atoms with E-state index in [0.29, 0.717) is 0 Å². The van der Waals surface area contributed by atoms with Gasteiger partial charge in [0.05, 0.1) is 0 Å². The molecule has 0 aliphatic carbocycles. The fraction of sp³-hybridized carbons (Fsp3) is 1.00. The Morgan fingerprint density at radius 1 is 0.250 bits per heavy atom. The summed E-state index contributed by atoms with van der Waals surface area (Å²) in [6.45, 7) is 6.60. The molecule has 0 saturated heterocycles. The third kappa shape index (κ3) is 44.9. The quantitative estimate of drug-likeness (QED) is 0.0719. The van der Waals surface area contributed by atoms with Gasteiger partial charge in [-0.15, -0.1) is 0 Å². The van der Waals surface area contributed by atoms with Crippen molar-refractivity contribution in [2.75, 3.05) is 27.4 Å². The maximum atomic E-state index is 5.87. The fourth-order valence-electron chi connectivity index (χ4n) is 5.61. The van der Waals surface area contributed by atoms with Crippen molar-refractivity contribution in [2.45, 2.75) is 219 Å². The first-order valence-corrected chi connectivity index (χ1v) is 18.8. The highest BCUT2D eigenvalue weighted by molar-refractivity contribution is 4.52. The van der Waals surface area contributed by atoms with E-state index in [0.717, 1.165) is 13.2 Å². The van der Waals surface area contributed by atoms with Crippen molar-refractivity contribution in [3.8, 4) is 0 Å². The van der Waals surface area contributed by atoms with E-state index in [4.69, 9.17) is 4.74 Å². The molecule has 0 heterocycles. The van der Waals surface area contributed by atoms with Gasteiger partial charge in [0.2, 0.25) is 0 Å². The smallest absolute Gasteiger partial charge is 0.0466 e. The van der Waals surface area contributed by atoms with Gasteiger partial charge in [0, 0.05) is 27.4 Å². The molecule has 0 rings (SSSR count). The Kier molecular flexibility index (Phi) is 45.6. The van der Waals surface area contributed by atoms with Gasteiger partial charge in [0.15, 0.2) is 0 Å². The Morgan fingerprint density at radius 3 is 0.575 bits per heavy atom. The minimum Gasteiger partial charge on any atom is -0.388 e. The molecule has 2 heteroatoms. The molecule has 0 aromatic heterocycles. The largest absolute Gasteiger partial charge is 0.388 e. The van der Waals surface area contributed by atoms with Gasteiger partial charge in [0.1, 0.15) is 0 Å². The molecule has 40 heavy (non-hydrogen) atoms. The number of rotatable bonds is 34. The summed E-state index contributed by atoms with van der Waals surface area (Å²) in [6, 6.07) is 0. The summed E-state index contributed by atoms with van der Waals surface area (Å²) >= 11 is 0. The second-order valence-corrected chi connectivity index (χ2v) is 12.6. The normalized spacial score (nSPS) is 11.1. The van der Waals surface area contributed by atoms with E-state index in [-0.39, 0.29) is 0 Å². The van der Waals surface area contributed by atoms with Gasteiger partial charge in [0.25, 0.3) is 0 Å². The van der Waals surface area contributed by atoms with Crippen LogP contribution in [0, 0.1) is 0 Å². The molecule has 0 unspecified atom stereocenters. The lowest BCUT2D eigenvalue weighted by Gasteiger charge is -2.06. The van der Waals surface area contributed by atoms with Crippen LogP contribution in [0.5, 0.6) is 0 Å². The number of ether oxygens (including phenoxy) is 2. The Morgan fingerprint density at radius 2 is 0.400 bits per heavy atom. The molecular formula is C38H80O2. The molecule has 0 aliphatic rings. The molecule has 0 amide bonds. The second-order valence-electron chi connectivity index (χ2n) is 12.6. The molecule has 0 aromatic carbocycles. The summed E-state index contributed by atoms with van der Waals surface area (Å²) in [4.78, 5) is 0. The molecule has 0 fully saturated rings. The summed E-state index contributed by atoms with van der Waals surface area (Å²) in [5.74, 6) is 0. The number of hydrogen-bond acceptors (Lipinski definition) is 2. The number of unbranched alkanes of at least 4 members (excludes halogenated alkanes) is 30. The number of methoxy groups -OCH3 is 1. The molecule has 2 nitrogen and oxygen atoms in total. The van der Waals surface area contributed by atoms with Gasteiger partial charge in [-0.1, -0.05) is 206 Å². The van der Waals surface area contributed by atoms with Gasteiger partial charge in [-0.2, -0.15) is 0 Å². The topological polar surface area (TPSA) is 18.5 Å². The number of hydrogen-bond donors (Lipinski definition) is 0. The molecule has 0 saturated carbocycles. The van der Waals surface area contributed by atoms with E-state index in [1.807, 2.05) is 0 Å². The third-order valence-corrected chi connectivity index (χ3v) is 8.28. The average Bonchev–Trinajstić information content (AvgIpc) is 2.96. The first-order valence-electron chi connectivity index (χ1n) is 18.8. The molecule has 0 aromatic rings. The van der Waals surface area contributed by atoms with Gasteiger partial charge in [-0.05, 0) is 12.8 Å². The Balaban J connectivity index is 0. The lowest BCUT2D eigenvalue weighted by molar-refractivity contribution is 0.125. The first-order chi connectivity index (χ1) is 19.8. The van der Waals surface area contributed by atoms with E-state index in [1.165, 1.54) is 205 Å². The van der Waals surface area contributed by atoms with Gasteiger partial charge in [-0.3, -0.25) is 0 Å². The monoisotopic (exact) mass is 569 g/mol. The predicted molar refractivity (Wildman–Crippen MR) is 183 cm³/mol. The van der Waals surface area contributed by atoms with E-state index >= 15 is 0 Å². The molecule has 0 spiro atoms. The summed E-state index contributed by atoms with van der Waals surface area (Å²) < 4.78 is 10.1. The van der Waals surface area contributed by atoms with Crippen molar-refractivity contribution < 1.29 is 9.47 Å². The summed E-state index contributed by atoms with van der Waals surface area (Å²) in [7, 11) is 3.25. The summed E-state index contributed by atoms with van der Waals surface area (Å²) in [5.41, 5.74) is 0. The zero-order chi connectivity index (χ0) is 29.5. The maximum Gasteiger partial charge on any atom is 0.0466 e. The molecule has 0 bridgehead atoms. The third-order valence-electron chi connectivity index (χ3n) is 8.28. The van der Waals surface area contributed by atoms with E-state index < -0.39 is 0 Å². The minimum atomic E-state index is 0.997. The van der Waals surface area contributed by atoms with Crippen molar-refractivity contribution in [2.24, 2.45) is 0 Å². The first kappa shape index (κ1) is 42.1. The van der Waals surface area contributed by atoms with E-state index in [1.54, 1.807) is 14.2 Å². The van der Waals surface area contributed by atoms with Crippen LogP contribution in [0.15, 0.2) is 0 Å². The van der Waals surface area contributed by atoms with Crippen LogP contribution in [-0.2, 0) is 9.47 Å². The van der Waals surface area contributed by atoms with Crippen molar-refractivity contribution in [1.82, 2.24) is 0 Å². The van der Waals surface area contributed by atoms with Gasteiger partial charge in [-0.25, -0.2) is 0 Å². The van der Waals surface area contributed by atoms with Crippen molar-refractivity contribution in [1.29, 1.82) is 0 Å². The minimum absolute atomic E-state index is 0.997. The fourth-order valence-corrected chi connectivity index (χ4v) is 5.61. The molecule has 0 N–H and O–H groups in total. The standard InChI is InChI=1S/C36H74O.C2H6O/c1-3-5-7-9-11-13-15-17-19-21-23-25-27-29-31-33-35-37-36-34-32-30-28-26-24-22-20-18-16-14-12-10-8-6-4-2;1-3-2/h3-36H2,1-2H3;1-2H3. The van der Waals surface area contributed by atoms with Crippen LogP contribution in [0.3, 0.4) is 0 Å². The van der Waals surface area contributed by atoms with Crippen LogP contribution in [0.2, 0.25) is 0 Å². The predicted octanol–water partition coefficient (Wildman–Crippen LogP) is 13.8.